The number of halogens is 1. The molecule has 4 nitrogen and oxygen atoms in total. The summed E-state index contributed by atoms with van der Waals surface area (Å²) < 4.78 is 0. The van der Waals surface area contributed by atoms with Crippen molar-refractivity contribution >= 4 is 17.4 Å². The van der Waals surface area contributed by atoms with Crippen molar-refractivity contribution in [1.82, 2.24) is 15.3 Å². The van der Waals surface area contributed by atoms with Crippen LogP contribution in [-0.2, 0) is 0 Å². The molecule has 0 spiro atoms. The highest BCUT2D eigenvalue weighted by molar-refractivity contribution is 6.28. The van der Waals surface area contributed by atoms with Gasteiger partial charge in [-0.2, -0.15) is 0 Å². The van der Waals surface area contributed by atoms with Gasteiger partial charge in [0.15, 0.2) is 0 Å². The molecule has 1 aliphatic rings. The molecule has 1 fully saturated rings. The second-order valence-corrected chi connectivity index (χ2v) is 4.08. The maximum Gasteiger partial charge on any atom is 0.224 e. The lowest BCUT2D eigenvalue weighted by atomic mass is 10.1. The van der Waals surface area contributed by atoms with Crippen LogP contribution < -0.4 is 10.6 Å². The number of nitrogens with zero attached hydrogens (tertiary/aromatic N) is 2. The van der Waals surface area contributed by atoms with Crippen LogP contribution in [0.1, 0.15) is 19.3 Å². The maximum atomic E-state index is 5.69. The molecule has 0 amide bonds. The number of nitrogens with one attached hydrogen (secondary N) is 2. The Morgan fingerprint density at radius 3 is 3.20 bits per heavy atom. The fraction of sp³-hybridized carbons (Fsp3) is 0.600. The number of aromatic nitrogens is 2. The van der Waals surface area contributed by atoms with Gasteiger partial charge in [0.05, 0.1) is 0 Å². The minimum absolute atomic E-state index is 0.289. The summed E-state index contributed by atoms with van der Waals surface area (Å²) in [5, 5.41) is 7.01. The van der Waals surface area contributed by atoms with E-state index < -0.39 is 0 Å². The first-order chi connectivity index (χ1) is 7.34. The van der Waals surface area contributed by atoms with E-state index in [1.807, 2.05) is 6.07 Å². The summed E-state index contributed by atoms with van der Waals surface area (Å²) in [6, 6.07) is 2.38. The first-order valence-electron chi connectivity index (χ1n) is 5.30. The van der Waals surface area contributed by atoms with Crippen molar-refractivity contribution in [2.75, 3.05) is 18.4 Å². The van der Waals surface area contributed by atoms with Gasteiger partial charge in [0.1, 0.15) is 5.82 Å². The van der Waals surface area contributed by atoms with E-state index >= 15 is 0 Å². The molecule has 1 aromatic rings. The summed E-state index contributed by atoms with van der Waals surface area (Å²) in [6.07, 6.45) is 5.48. The molecule has 1 saturated heterocycles. The molecule has 1 aromatic heterocycles. The largest absolute Gasteiger partial charge is 0.368 e. The molecule has 0 saturated carbocycles. The Morgan fingerprint density at radius 1 is 1.53 bits per heavy atom. The van der Waals surface area contributed by atoms with Gasteiger partial charge in [0.2, 0.25) is 5.28 Å². The van der Waals surface area contributed by atoms with Crippen molar-refractivity contribution in [3.05, 3.63) is 17.5 Å². The van der Waals surface area contributed by atoms with Crippen LogP contribution in [0.3, 0.4) is 0 Å². The minimum atomic E-state index is 0.289. The molecule has 1 aliphatic heterocycles. The fourth-order valence-corrected chi connectivity index (χ4v) is 1.91. The predicted octanol–water partition coefficient (Wildman–Crippen LogP) is 1.68. The zero-order valence-corrected chi connectivity index (χ0v) is 9.30. The number of hydrogen-bond donors (Lipinski definition) is 2. The molecular formula is C10H15ClN4. The molecular weight excluding hydrogens is 212 g/mol. The predicted molar refractivity (Wildman–Crippen MR) is 61.2 cm³/mol. The van der Waals surface area contributed by atoms with E-state index in [-0.39, 0.29) is 5.28 Å². The van der Waals surface area contributed by atoms with E-state index in [4.69, 9.17) is 11.6 Å². The van der Waals surface area contributed by atoms with Gasteiger partial charge in [-0.1, -0.05) is 6.42 Å². The molecule has 2 N–H and O–H groups in total. The van der Waals surface area contributed by atoms with Crippen molar-refractivity contribution < 1.29 is 0 Å². The number of anilines is 1. The third-order valence-electron chi connectivity index (χ3n) is 2.57. The van der Waals surface area contributed by atoms with Crippen molar-refractivity contribution in [2.45, 2.75) is 25.3 Å². The second-order valence-electron chi connectivity index (χ2n) is 3.74. The Kier molecular flexibility index (Phi) is 3.75. The molecule has 1 atom stereocenters. The Hall–Kier alpha value is -0.870. The molecule has 5 heteroatoms. The molecule has 0 aromatic carbocycles. The number of rotatable bonds is 3. The van der Waals surface area contributed by atoms with Gasteiger partial charge in [-0.05, 0) is 37.1 Å². The zero-order valence-electron chi connectivity index (χ0n) is 8.54. The Morgan fingerprint density at radius 2 is 2.47 bits per heavy atom. The van der Waals surface area contributed by atoms with E-state index in [9.17, 15) is 0 Å². The Bertz CT molecular complexity index is 312. The highest BCUT2D eigenvalue weighted by Crippen LogP contribution is 2.09. The van der Waals surface area contributed by atoms with Crippen LogP contribution in [0, 0.1) is 0 Å². The third-order valence-corrected chi connectivity index (χ3v) is 2.75. The average molecular weight is 227 g/mol. The van der Waals surface area contributed by atoms with E-state index in [0.717, 1.165) is 18.9 Å². The third kappa shape index (κ3) is 3.32. The summed E-state index contributed by atoms with van der Waals surface area (Å²) in [7, 11) is 0. The fourth-order valence-electron chi connectivity index (χ4n) is 1.76. The number of hydrogen-bond acceptors (Lipinski definition) is 4. The van der Waals surface area contributed by atoms with Crippen LogP contribution in [0.15, 0.2) is 12.3 Å². The van der Waals surface area contributed by atoms with Crippen LogP contribution in [-0.4, -0.2) is 29.1 Å². The van der Waals surface area contributed by atoms with E-state index in [1.165, 1.54) is 19.3 Å². The summed E-state index contributed by atoms with van der Waals surface area (Å²) in [5.74, 6) is 0.794. The lowest BCUT2D eigenvalue weighted by molar-refractivity contribution is 0.414. The van der Waals surface area contributed by atoms with Gasteiger partial charge in [0.25, 0.3) is 0 Å². The van der Waals surface area contributed by atoms with Crippen LogP contribution in [0.5, 0.6) is 0 Å². The molecule has 0 radical (unpaired) electrons. The summed E-state index contributed by atoms with van der Waals surface area (Å²) in [5.41, 5.74) is 0. The van der Waals surface area contributed by atoms with Crippen molar-refractivity contribution in [3.8, 4) is 0 Å². The Balaban J connectivity index is 1.81. The topological polar surface area (TPSA) is 49.8 Å². The molecule has 82 valence electrons. The molecule has 15 heavy (non-hydrogen) atoms. The van der Waals surface area contributed by atoms with Gasteiger partial charge >= 0.3 is 0 Å². The molecule has 0 bridgehead atoms. The van der Waals surface area contributed by atoms with Gasteiger partial charge in [-0.25, -0.2) is 9.97 Å². The lowest BCUT2D eigenvalue weighted by Crippen LogP contribution is -2.39. The normalized spacial score (nSPS) is 21.3. The van der Waals surface area contributed by atoms with Crippen molar-refractivity contribution in [1.29, 1.82) is 0 Å². The van der Waals surface area contributed by atoms with Crippen LogP contribution in [0.25, 0.3) is 0 Å². The van der Waals surface area contributed by atoms with Gasteiger partial charge in [-0.3, -0.25) is 0 Å². The highest BCUT2D eigenvalue weighted by Gasteiger charge is 2.11. The van der Waals surface area contributed by atoms with E-state index in [1.54, 1.807) is 6.20 Å². The van der Waals surface area contributed by atoms with E-state index in [2.05, 4.69) is 20.6 Å². The summed E-state index contributed by atoms with van der Waals surface area (Å²) in [6.45, 7) is 2.02. The standard InChI is InChI=1S/C10H15ClN4/c11-10-13-6-4-9(15-10)14-7-8-3-1-2-5-12-8/h4,6,8,12H,1-3,5,7H2,(H,13,14,15). The first kappa shape index (κ1) is 10.6. The lowest BCUT2D eigenvalue weighted by Gasteiger charge is -2.23. The average Bonchev–Trinajstić information content (AvgIpc) is 2.28. The van der Waals surface area contributed by atoms with E-state index in [0.29, 0.717) is 6.04 Å². The first-order valence-corrected chi connectivity index (χ1v) is 5.68. The maximum absolute atomic E-state index is 5.69. The minimum Gasteiger partial charge on any atom is -0.368 e. The van der Waals surface area contributed by atoms with Crippen molar-refractivity contribution in [2.24, 2.45) is 0 Å². The van der Waals surface area contributed by atoms with Crippen LogP contribution in [0.4, 0.5) is 5.82 Å². The number of piperidine rings is 1. The second kappa shape index (κ2) is 5.28. The van der Waals surface area contributed by atoms with Gasteiger partial charge < -0.3 is 10.6 Å². The summed E-state index contributed by atoms with van der Waals surface area (Å²) in [4.78, 5) is 7.91. The molecule has 0 aliphatic carbocycles. The molecule has 1 unspecified atom stereocenters. The monoisotopic (exact) mass is 226 g/mol. The molecule has 2 heterocycles. The Labute approximate surface area is 94.5 Å². The molecule has 2 rings (SSSR count). The van der Waals surface area contributed by atoms with Crippen molar-refractivity contribution in [3.63, 3.8) is 0 Å². The quantitative estimate of drug-likeness (QED) is 0.771. The smallest absolute Gasteiger partial charge is 0.224 e. The van der Waals surface area contributed by atoms with Gasteiger partial charge in [0, 0.05) is 18.8 Å². The summed E-state index contributed by atoms with van der Waals surface area (Å²) >= 11 is 5.69. The SMILES string of the molecule is Clc1nccc(NCC2CCCCN2)n1. The van der Waals surface area contributed by atoms with Crippen LogP contribution >= 0.6 is 11.6 Å². The van der Waals surface area contributed by atoms with Crippen LogP contribution in [0.2, 0.25) is 5.28 Å². The highest BCUT2D eigenvalue weighted by atomic mass is 35.5. The zero-order chi connectivity index (χ0) is 10.5. The van der Waals surface area contributed by atoms with Gasteiger partial charge in [-0.15, -0.1) is 0 Å².